The third-order valence-corrected chi connectivity index (χ3v) is 9.09. The van der Waals surface area contributed by atoms with E-state index in [1.165, 1.54) is 0 Å². The number of fused-ring (bicyclic) bond motifs is 4. The fraction of sp³-hybridized carbons (Fsp3) is 0.438. The number of anilines is 3. The van der Waals surface area contributed by atoms with E-state index in [-0.39, 0.29) is 18.1 Å². The quantitative estimate of drug-likeness (QED) is 0.244. The highest BCUT2D eigenvalue weighted by Gasteiger charge is 2.44. The molecule has 7 heterocycles. The van der Waals surface area contributed by atoms with Crippen LogP contribution in [-0.2, 0) is 20.5 Å². The van der Waals surface area contributed by atoms with Crippen LogP contribution in [0.5, 0.6) is 0 Å². The van der Waals surface area contributed by atoms with E-state index < -0.39 is 11.9 Å². The van der Waals surface area contributed by atoms with Crippen molar-refractivity contribution in [2.45, 2.75) is 56.5 Å². The predicted molar refractivity (Wildman–Crippen MR) is 161 cm³/mol. The molecule has 11 nitrogen and oxygen atoms in total. The van der Waals surface area contributed by atoms with Crippen molar-refractivity contribution in [2.24, 2.45) is 0 Å². The lowest BCUT2D eigenvalue weighted by atomic mass is 9.71. The maximum atomic E-state index is 10.4. The van der Waals surface area contributed by atoms with E-state index in [0.717, 1.165) is 61.5 Å². The van der Waals surface area contributed by atoms with Gasteiger partial charge < -0.3 is 34.6 Å². The fourth-order valence-electron chi connectivity index (χ4n) is 6.54. The van der Waals surface area contributed by atoms with Crippen LogP contribution in [-0.4, -0.2) is 63.5 Å². The second-order valence-electron chi connectivity index (χ2n) is 12.2. The van der Waals surface area contributed by atoms with E-state index in [4.69, 9.17) is 28.9 Å². The second kappa shape index (κ2) is 11.0. The SMILES string of the molecule is COC1OC(C)(C)c2nc(Nc3cc(N[C@H](CO)c4ccccc4)c(-c4nc(C56CCN(CC5)CC6)no4)cn3)ccc21. The van der Waals surface area contributed by atoms with Crippen molar-refractivity contribution in [3.05, 3.63) is 77.4 Å². The van der Waals surface area contributed by atoms with Crippen LogP contribution >= 0.6 is 0 Å². The third-order valence-electron chi connectivity index (χ3n) is 9.09. The van der Waals surface area contributed by atoms with Crippen molar-refractivity contribution in [3.8, 4) is 11.5 Å². The first-order valence-electron chi connectivity index (χ1n) is 14.9. The number of hydrogen-bond acceptors (Lipinski definition) is 11. The van der Waals surface area contributed by atoms with E-state index in [2.05, 4.69) is 20.7 Å². The number of nitrogens with one attached hydrogen (secondary N) is 2. The lowest BCUT2D eigenvalue weighted by molar-refractivity contribution is -0.175. The second-order valence-corrected chi connectivity index (χ2v) is 12.2. The van der Waals surface area contributed by atoms with Gasteiger partial charge in [-0.15, -0.1) is 0 Å². The molecule has 4 aliphatic rings. The monoisotopic (exact) mass is 583 g/mol. The molecule has 1 unspecified atom stereocenters. The van der Waals surface area contributed by atoms with Gasteiger partial charge in [-0.25, -0.2) is 9.97 Å². The molecule has 4 aliphatic heterocycles. The Labute approximate surface area is 250 Å². The molecule has 4 aromatic rings. The Balaban J connectivity index is 1.23. The average Bonchev–Trinajstić information content (AvgIpc) is 3.64. The molecule has 0 saturated carbocycles. The number of piperidine rings is 3. The van der Waals surface area contributed by atoms with Crippen LogP contribution in [0.15, 0.2) is 59.3 Å². The molecule has 224 valence electrons. The minimum Gasteiger partial charge on any atom is -0.394 e. The summed E-state index contributed by atoms with van der Waals surface area (Å²) < 4.78 is 17.4. The van der Waals surface area contributed by atoms with Crippen LogP contribution in [0.2, 0.25) is 0 Å². The number of methoxy groups -OCH3 is 1. The van der Waals surface area contributed by atoms with Crippen molar-refractivity contribution in [1.29, 1.82) is 0 Å². The minimum atomic E-state index is -0.591. The Hall–Kier alpha value is -3.90. The van der Waals surface area contributed by atoms with Gasteiger partial charge in [0, 0.05) is 30.4 Å². The Kier molecular flexibility index (Phi) is 7.13. The van der Waals surface area contributed by atoms with Gasteiger partial charge in [0.15, 0.2) is 12.1 Å². The Morgan fingerprint density at radius 2 is 1.81 bits per heavy atom. The largest absolute Gasteiger partial charge is 0.394 e. The Bertz CT molecular complexity index is 1590. The summed E-state index contributed by atoms with van der Waals surface area (Å²) in [5, 5.41) is 21.7. The van der Waals surface area contributed by atoms with Gasteiger partial charge >= 0.3 is 0 Å². The van der Waals surface area contributed by atoms with E-state index in [0.29, 0.717) is 28.8 Å². The van der Waals surface area contributed by atoms with Crippen molar-refractivity contribution < 1.29 is 19.1 Å². The topological polar surface area (TPSA) is 131 Å². The lowest BCUT2D eigenvalue weighted by Gasteiger charge is -2.46. The first-order valence-corrected chi connectivity index (χ1v) is 14.9. The molecule has 3 saturated heterocycles. The Morgan fingerprint density at radius 1 is 1.05 bits per heavy atom. The molecule has 2 bridgehead atoms. The molecule has 3 fully saturated rings. The predicted octanol–water partition coefficient (Wildman–Crippen LogP) is 5.06. The molecule has 8 rings (SSSR count). The Morgan fingerprint density at radius 3 is 2.53 bits per heavy atom. The number of aromatic nitrogens is 4. The maximum Gasteiger partial charge on any atom is 0.261 e. The molecule has 1 aromatic carbocycles. The lowest BCUT2D eigenvalue weighted by Crippen LogP contribution is -2.51. The number of benzene rings is 1. The first-order chi connectivity index (χ1) is 20.9. The highest BCUT2D eigenvalue weighted by atomic mass is 16.7. The summed E-state index contributed by atoms with van der Waals surface area (Å²) in [6.45, 7) is 7.06. The molecule has 0 spiro atoms. The standard InChI is InChI=1S/C32H37N7O4/c1-31(2)27-21(29(41-3)42-31)9-10-25(36-27)35-26-17-23(34-24(19-40)20-7-5-4-6-8-20)22(18-33-26)28-37-30(38-43-28)32-11-14-39(15-12-32)16-13-32/h4-10,17-18,24,29,40H,11-16,19H2,1-3H3,(H2,33,34,35,36)/t24-,29?/m1/s1. The fourth-order valence-corrected chi connectivity index (χ4v) is 6.54. The van der Waals surface area contributed by atoms with Crippen LogP contribution < -0.4 is 10.6 Å². The summed E-state index contributed by atoms with van der Waals surface area (Å²) in [5.74, 6) is 2.38. The van der Waals surface area contributed by atoms with Crippen molar-refractivity contribution in [1.82, 2.24) is 25.0 Å². The van der Waals surface area contributed by atoms with Crippen molar-refractivity contribution in [2.75, 3.05) is 44.0 Å². The first kappa shape index (κ1) is 27.9. The summed E-state index contributed by atoms with van der Waals surface area (Å²) >= 11 is 0. The average molecular weight is 584 g/mol. The van der Waals surface area contributed by atoms with Gasteiger partial charge in [-0.05, 0) is 70.4 Å². The number of rotatable bonds is 9. The van der Waals surface area contributed by atoms with Gasteiger partial charge in [0.1, 0.15) is 17.2 Å². The number of aliphatic hydroxyl groups is 1. The van der Waals surface area contributed by atoms with E-state index in [9.17, 15) is 5.11 Å². The zero-order valence-electron chi connectivity index (χ0n) is 24.7. The number of ether oxygens (including phenoxy) is 2. The van der Waals surface area contributed by atoms with Crippen molar-refractivity contribution in [3.63, 3.8) is 0 Å². The number of nitrogens with zero attached hydrogens (tertiary/aromatic N) is 5. The molecule has 2 atom stereocenters. The van der Waals surface area contributed by atoms with Crippen LogP contribution in [0, 0.1) is 0 Å². The molecule has 0 radical (unpaired) electrons. The number of aliphatic hydroxyl groups excluding tert-OH is 1. The summed E-state index contributed by atoms with van der Waals surface area (Å²) in [6, 6.07) is 15.2. The normalized spacial score (nSPS) is 24.5. The van der Waals surface area contributed by atoms with Gasteiger partial charge in [-0.2, -0.15) is 4.98 Å². The molecular weight excluding hydrogens is 546 g/mol. The van der Waals surface area contributed by atoms with Crippen LogP contribution in [0.25, 0.3) is 11.5 Å². The van der Waals surface area contributed by atoms with E-state index >= 15 is 0 Å². The van der Waals surface area contributed by atoms with Gasteiger partial charge in [0.2, 0.25) is 0 Å². The zero-order valence-corrected chi connectivity index (χ0v) is 24.7. The van der Waals surface area contributed by atoms with E-state index in [1.54, 1.807) is 13.3 Å². The van der Waals surface area contributed by atoms with Crippen LogP contribution in [0.3, 0.4) is 0 Å². The number of hydrogen-bond donors (Lipinski definition) is 3. The zero-order chi connectivity index (χ0) is 29.6. The van der Waals surface area contributed by atoms with Gasteiger partial charge in [-0.3, -0.25) is 0 Å². The highest BCUT2D eigenvalue weighted by molar-refractivity contribution is 5.75. The van der Waals surface area contributed by atoms with E-state index in [1.807, 2.05) is 62.4 Å². The van der Waals surface area contributed by atoms with Crippen LogP contribution in [0.1, 0.15) is 68.1 Å². The minimum absolute atomic E-state index is 0.0325. The third kappa shape index (κ3) is 5.16. The molecule has 0 aliphatic carbocycles. The molecule has 0 amide bonds. The molecular formula is C32H37N7O4. The number of pyridine rings is 2. The maximum absolute atomic E-state index is 10.4. The van der Waals surface area contributed by atoms with Crippen molar-refractivity contribution >= 4 is 17.3 Å². The smallest absolute Gasteiger partial charge is 0.261 e. The molecule has 3 aromatic heterocycles. The highest BCUT2D eigenvalue weighted by Crippen LogP contribution is 2.44. The summed E-state index contributed by atoms with van der Waals surface area (Å²) in [5.41, 5.74) is 3.43. The van der Waals surface area contributed by atoms with Gasteiger partial charge in [-0.1, -0.05) is 35.5 Å². The summed E-state index contributed by atoms with van der Waals surface area (Å²) in [4.78, 5) is 17.0. The summed E-state index contributed by atoms with van der Waals surface area (Å²) in [7, 11) is 1.63. The van der Waals surface area contributed by atoms with Gasteiger partial charge in [0.25, 0.3) is 5.89 Å². The molecule has 11 heteroatoms. The molecule has 3 N–H and O–H groups in total. The van der Waals surface area contributed by atoms with Crippen LogP contribution in [0.4, 0.5) is 17.3 Å². The molecule has 43 heavy (non-hydrogen) atoms. The van der Waals surface area contributed by atoms with Gasteiger partial charge in [0.05, 0.1) is 29.6 Å². The summed E-state index contributed by atoms with van der Waals surface area (Å²) in [6.07, 6.45) is 4.40.